The summed E-state index contributed by atoms with van der Waals surface area (Å²) in [4.78, 5) is 14.8. The number of anilines is 1. The number of rotatable bonds is 3. The Balaban J connectivity index is 1.42. The number of fused-ring (bicyclic) bond motifs is 2. The molecule has 1 amide bonds. The van der Waals surface area contributed by atoms with Gasteiger partial charge in [0.25, 0.3) is 5.91 Å². The number of nitrogens with one attached hydrogen (secondary N) is 2. The highest BCUT2D eigenvalue weighted by Gasteiger charge is 2.40. The summed E-state index contributed by atoms with van der Waals surface area (Å²) in [6.07, 6.45) is 5.03. The van der Waals surface area contributed by atoms with Gasteiger partial charge >= 0.3 is 0 Å². The Morgan fingerprint density at radius 1 is 1.04 bits per heavy atom. The fourth-order valence-electron chi connectivity index (χ4n) is 4.44. The minimum absolute atomic E-state index is 0.0850. The predicted octanol–water partition coefficient (Wildman–Crippen LogP) is 4.34. The van der Waals surface area contributed by atoms with E-state index in [0.717, 1.165) is 36.5 Å². The molecule has 2 aliphatic rings. The number of para-hydroxylation sites is 1. The van der Waals surface area contributed by atoms with Crippen molar-refractivity contribution in [3.63, 3.8) is 0 Å². The first-order chi connectivity index (χ1) is 13.6. The highest BCUT2D eigenvalue weighted by Crippen LogP contribution is 2.34. The number of benzene rings is 2. The molecule has 4 rings (SSSR count). The molecule has 2 aliphatic heterocycles. The Kier molecular flexibility index (Phi) is 5.57. The third-order valence-corrected chi connectivity index (χ3v) is 5.97. The monoisotopic (exact) mass is 397 g/mol. The van der Waals surface area contributed by atoms with Crippen molar-refractivity contribution in [1.29, 1.82) is 0 Å². The topological polar surface area (TPSA) is 44.4 Å². The number of hydrogen-bond donors (Lipinski definition) is 2. The Bertz CT molecular complexity index is 846. The van der Waals surface area contributed by atoms with Crippen molar-refractivity contribution >= 4 is 28.9 Å². The smallest absolute Gasteiger partial charge is 0.251 e. The summed E-state index contributed by atoms with van der Waals surface area (Å²) in [6.45, 7) is 0. The third kappa shape index (κ3) is 4.17. The number of carbonyl (C=O) groups is 1. The summed E-state index contributed by atoms with van der Waals surface area (Å²) in [7, 11) is 0. The third-order valence-electron chi connectivity index (χ3n) is 5.66. The van der Waals surface area contributed by atoms with Crippen LogP contribution in [0.3, 0.4) is 0 Å². The average Bonchev–Trinajstić information content (AvgIpc) is 2.68. The predicted molar refractivity (Wildman–Crippen MR) is 113 cm³/mol. The molecule has 4 nitrogen and oxygen atoms in total. The van der Waals surface area contributed by atoms with E-state index in [0.29, 0.717) is 17.6 Å². The van der Waals surface area contributed by atoms with Crippen LogP contribution in [0.5, 0.6) is 0 Å². The molecule has 146 valence electrons. The van der Waals surface area contributed by atoms with Crippen LogP contribution in [-0.4, -0.2) is 34.0 Å². The summed E-state index contributed by atoms with van der Waals surface area (Å²) in [5, 5.41) is 7.22. The molecule has 3 atom stereocenters. The fourth-order valence-corrected chi connectivity index (χ4v) is 4.85. The van der Waals surface area contributed by atoms with Gasteiger partial charge in [-0.15, -0.1) is 0 Å². The minimum Gasteiger partial charge on any atom is -0.349 e. The molecule has 2 aromatic rings. The van der Waals surface area contributed by atoms with Gasteiger partial charge in [0.05, 0.1) is 0 Å². The molecular formula is C22H24FN3OS. The maximum absolute atomic E-state index is 13.4. The number of piperidine rings is 2. The lowest BCUT2D eigenvalue weighted by atomic mass is 9.82. The zero-order valence-electron chi connectivity index (χ0n) is 15.6. The molecule has 2 aromatic carbocycles. The van der Waals surface area contributed by atoms with Crippen molar-refractivity contribution < 1.29 is 9.18 Å². The lowest BCUT2D eigenvalue weighted by Gasteiger charge is -2.50. The summed E-state index contributed by atoms with van der Waals surface area (Å²) in [5.41, 5.74) is 1.36. The Labute approximate surface area is 170 Å². The molecule has 0 radical (unpaired) electrons. The van der Waals surface area contributed by atoms with Crippen LogP contribution >= 0.6 is 12.2 Å². The van der Waals surface area contributed by atoms with Gasteiger partial charge < -0.3 is 15.5 Å². The van der Waals surface area contributed by atoms with Crippen LogP contribution in [0.2, 0.25) is 0 Å². The summed E-state index contributed by atoms with van der Waals surface area (Å²) in [5.74, 6) is -0.599. The molecule has 0 aliphatic carbocycles. The van der Waals surface area contributed by atoms with E-state index in [2.05, 4.69) is 15.5 Å². The highest BCUT2D eigenvalue weighted by atomic mass is 32.1. The summed E-state index contributed by atoms with van der Waals surface area (Å²) >= 11 is 5.71. The van der Waals surface area contributed by atoms with Crippen molar-refractivity contribution in [3.05, 3.63) is 66.0 Å². The molecule has 2 saturated heterocycles. The number of halogens is 1. The molecule has 2 fully saturated rings. The Morgan fingerprint density at radius 2 is 1.75 bits per heavy atom. The van der Waals surface area contributed by atoms with Crippen LogP contribution in [0.4, 0.5) is 10.1 Å². The Morgan fingerprint density at radius 3 is 2.43 bits per heavy atom. The van der Waals surface area contributed by atoms with Gasteiger partial charge in [-0.1, -0.05) is 24.3 Å². The van der Waals surface area contributed by atoms with Crippen molar-refractivity contribution in [2.75, 3.05) is 5.32 Å². The molecule has 2 heterocycles. The van der Waals surface area contributed by atoms with Gasteiger partial charge in [-0.25, -0.2) is 4.39 Å². The van der Waals surface area contributed by atoms with E-state index in [1.54, 1.807) is 12.1 Å². The number of amides is 1. The molecule has 0 spiro atoms. The van der Waals surface area contributed by atoms with Crippen LogP contribution in [0.1, 0.15) is 42.5 Å². The number of thiocarbonyl (C=S) groups is 1. The maximum Gasteiger partial charge on any atom is 0.251 e. The molecule has 1 unspecified atom stereocenters. The van der Waals surface area contributed by atoms with E-state index < -0.39 is 5.82 Å². The zero-order valence-corrected chi connectivity index (χ0v) is 16.4. The molecule has 28 heavy (non-hydrogen) atoms. The van der Waals surface area contributed by atoms with Gasteiger partial charge in [-0.2, -0.15) is 0 Å². The van der Waals surface area contributed by atoms with Crippen molar-refractivity contribution in [1.82, 2.24) is 10.2 Å². The second-order valence-electron chi connectivity index (χ2n) is 7.59. The van der Waals surface area contributed by atoms with Crippen molar-refractivity contribution in [3.8, 4) is 0 Å². The van der Waals surface area contributed by atoms with E-state index in [9.17, 15) is 9.18 Å². The number of carbonyl (C=O) groups excluding carboxylic acids is 1. The van der Waals surface area contributed by atoms with E-state index in [1.165, 1.54) is 18.6 Å². The molecule has 2 bridgehead atoms. The van der Waals surface area contributed by atoms with Crippen LogP contribution in [-0.2, 0) is 0 Å². The number of hydrogen-bond acceptors (Lipinski definition) is 2. The summed E-state index contributed by atoms with van der Waals surface area (Å²) in [6, 6.07) is 16.5. The maximum atomic E-state index is 13.4. The zero-order chi connectivity index (χ0) is 19.5. The fraction of sp³-hybridized carbons (Fsp3) is 0.364. The second kappa shape index (κ2) is 8.27. The van der Waals surface area contributed by atoms with Gasteiger partial charge in [0.15, 0.2) is 5.11 Å². The SMILES string of the molecule is O=C(NC1C[C@H]2CCC[C@@H](C1)N2C(=S)Nc1ccccc1)c1cccc(F)c1. The first-order valence-electron chi connectivity index (χ1n) is 9.81. The van der Waals surface area contributed by atoms with E-state index in [4.69, 9.17) is 12.2 Å². The van der Waals surface area contributed by atoms with Crippen molar-refractivity contribution in [2.24, 2.45) is 0 Å². The van der Waals surface area contributed by atoms with E-state index in [-0.39, 0.29) is 11.9 Å². The van der Waals surface area contributed by atoms with Crippen LogP contribution in [0.25, 0.3) is 0 Å². The van der Waals surface area contributed by atoms with Gasteiger partial charge in [0.1, 0.15) is 5.82 Å². The molecule has 0 aromatic heterocycles. The first-order valence-corrected chi connectivity index (χ1v) is 10.2. The Hall–Kier alpha value is -2.47. The second-order valence-corrected chi connectivity index (χ2v) is 7.98. The average molecular weight is 398 g/mol. The van der Waals surface area contributed by atoms with Gasteiger partial charge in [-0.05, 0) is 74.7 Å². The van der Waals surface area contributed by atoms with E-state index >= 15 is 0 Å². The molecule has 0 saturated carbocycles. The number of nitrogens with zero attached hydrogens (tertiary/aromatic N) is 1. The quantitative estimate of drug-likeness (QED) is 0.757. The van der Waals surface area contributed by atoms with Gasteiger partial charge in [-0.3, -0.25) is 4.79 Å². The van der Waals surface area contributed by atoms with Crippen LogP contribution in [0.15, 0.2) is 54.6 Å². The van der Waals surface area contributed by atoms with Crippen LogP contribution < -0.4 is 10.6 Å². The van der Waals surface area contributed by atoms with Crippen molar-refractivity contribution in [2.45, 2.75) is 50.2 Å². The highest BCUT2D eigenvalue weighted by molar-refractivity contribution is 7.80. The minimum atomic E-state index is -0.392. The molecule has 2 N–H and O–H groups in total. The van der Waals surface area contributed by atoms with Gasteiger partial charge in [0, 0.05) is 29.4 Å². The van der Waals surface area contributed by atoms with Gasteiger partial charge in [0.2, 0.25) is 0 Å². The normalized spacial score (nSPS) is 23.8. The lowest BCUT2D eigenvalue weighted by Crippen LogP contribution is -2.59. The van der Waals surface area contributed by atoms with E-state index in [1.807, 2.05) is 30.3 Å². The largest absolute Gasteiger partial charge is 0.349 e. The lowest BCUT2D eigenvalue weighted by molar-refractivity contribution is 0.0755. The molecular weight excluding hydrogens is 373 g/mol. The first kappa shape index (κ1) is 18.9. The standard InChI is InChI=1S/C22H24FN3OS/c23-16-7-4-6-15(12-16)21(27)24-18-13-19-10-5-11-20(14-18)26(19)22(28)25-17-8-2-1-3-9-17/h1-4,6-9,12,18-20H,5,10-11,13-14H2,(H,24,27)(H,25,28)/t18?,19-,20+. The van der Waals surface area contributed by atoms with Crippen LogP contribution in [0, 0.1) is 5.82 Å². The molecule has 6 heteroatoms. The summed E-state index contributed by atoms with van der Waals surface area (Å²) < 4.78 is 13.4.